The summed E-state index contributed by atoms with van der Waals surface area (Å²) in [6.45, 7) is 1.41. The maximum absolute atomic E-state index is 12.4. The highest BCUT2D eigenvalue weighted by Gasteiger charge is 2.22. The van der Waals surface area contributed by atoms with Crippen LogP contribution in [0.4, 0.5) is 5.69 Å². The topological polar surface area (TPSA) is 101 Å². The minimum absolute atomic E-state index is 0.0320. The second-order valence-corrected chi connectivity index (χ2v) is 6.48. The SMILES string of the molecule is Cc1c(C(=O)O)cc(Cl)cc1S(=O)(=O)Nc1cnn(C)c1. The van der Waals surface area contributed by atoms with E-state index in [1.54, 1.807) is 7.05 Å². The fourth-order valence-electron chi connectivity index (χ4n) is 1.84. The van der Waals surface area contributed by atoms with E-state index in [2.05, 4.69) is 9.82 Å². The molecule has 1 aromatic carbocycles. The summed E-state index contributed by atoms with van der Waals surface area (Å²) in [5.74, 6) is -1.24. The monoisotopic (exact) mass is 329 g/mol. The first-order chi connectivity index (χ1) is 9.70. The number of carbonyl (C=O) groups is 1. The highest BCUT2D eigenvalue weighted by atomic mass is 35.5. The van der Waals surface area contributed by atoms with Gasteiger partial charge in [-0.2, -0.15) is 5.10 Å². The van der Waals surface area contributed by atoms with E-state index in [1.165, 1.54) is 36.1 Å². The van der Waals surface area contributed by atoms with Crippen molar-refractivity contribution in [3.05, 3.63) is 40.7 Å². The molecular formula is C12H12ClN3O4S. The number of benzene rings is 1. The van der Waals surface area contributed by atoms with Crippen LogP contribution in [0.5, 0.6) is 0 Å². The maximum Gasteiger partial charge on any atom is 0.336 e. The lowest BCUT2D eigenvalue weighted by molar-refractivity contribution is 0.0696. The highest BCUT2D eigenvalue weighted by Crippen LogP contribution is 2.26. The zero-order valence-corrected chi connectivity index (χ0v) is 12.7. The van der Waals surface area contributed by atoms with Crippen LogP contribution in [0.3, 0.4) is 0 Å². The third kappa shape index (κ3) is 3.17. The van der Waals surface area contributed by atoms with Crippen molar-refractivity contribution < 1.29 is 18.3 Å². The van der Waals surface area contributed by atoms with Gasteiger partial charge in [-0.1, -0.05) is 11.6 Å². The quantitative estimate of drug-likeness (QED) is 0.891. The number of nitrogens with zero attached hydrogens (tertiary/aromatic N) is 2. The Morgan fingerprint density at radius 2 is 2.10 bits per heavy atom. The third-order valence-electron chi connectivity index (χ3n) is 2.80. The van der Waals surface area contributed by atoms with E-state index < -0.39 is 16.0 Å². The lowest BCUT2D eigenvalue weighted by Gasteiger charge is -2.11. The molecule has 1 aromatic heterocycles. The van der Waals surface area contributed by atoms with E-state index in [4.69, 9.17) is 16.7 Å². The van der Waals surface area contributed by atoms with Crippen LogP contribution in [0.1, 0.15) is 15.9 Å². The van der Waals surface area contributed by atoms with Gasteiger partial charge in [0.15, 0.2) is 0 Å². The number of nitrogens with one attached hydrogen (secondary N) is 1. The molecule has 1 heterocycles. The summed E-state index contributed by atoms with van der Waals surface area (Å²) in [4.78, 5) is 10.9. The first kappa shape index (κ1) is 15.3. The van der Waals surface area contributed by atoms with Gasteiger partial charge in [0.1, 0.15) is 0 Å². The van der Waals surface area contributed by atoms with Crippen molar-refractivity contribution in [2.24, 2.45) is 7.05 Å². The molecule has 0 bridgehead atoms. The van der Waals surface area contributed by atoms with E-state index in [0.717, 1.165) is 0 Å². The summed E-state index contributed by atoms with van der Waals surface area (Å²) in [7, 11) is -2.32. The van der Waals surface area contributed by atoms with Gasteiger partial charge in [0.25, 0.3) is 10.0 Å². The summed E-state index contributed by atoms with van der Waals surface area (Å²) in [5, 5.41) is 13.0. The van der Waals surface area contributed by atoms with E-state index in [0.29, 0.717) is 0 Å². The number of rotatable bonds is 4. The Labute approximate surface area is 126 Å². The number of carboxylic acid groups (broad SMARTS) is 1. The highest BCUT2D eigenvalue weighted by molar-refractivity contribution is 7.92. The number of anilines is 1. The second-order valence-electron chi connectivity index (χ2n) is 4.39. The van der Waals surface area contributed by atoms with Gasteiger partial charge in [-0.05, 0) is 24.6 Å². The Kier molecular flexibility index (Phi) is 3.93. The molecule has 0 fully saturated rings. The number of aromatic nitrogens is 2. The summed E-state index contributed by atoms with van der Waals surface area (Å²) in [5.41, 5.74) is 0.228. The molecule has 0 saturated heterocycles. The predicted octanol–water partition coefficient (Wildman–Crippen LogP) is 1.88. The van der Waals surface area contributed by atoms with Crippen LogP contribution in [-0.4, -0.2) is 29.3 Å². The molecular weight excluding hydrogens is 318 g/mol. The number of sulfonamides is 1. The van der Waals surface area contributed by atoms with Crippen LogP contribution in [-0.2, 0) is 17.1 Å². The van der Waals surface area contributed by atoms with Gasteiger partial charge >= 0.3 is 5.97 Å². The number of carboxylic acids is 1. The lowest BCUT2D eigenvalue weighted by Crippen LogP contribution is -2.16. The van der Waals surface area contributed by atoms with Gasteiger partial charge in [-0.3, -0.25) is 9.40 Å². The van der Waals surface area contributed by atoms with Crippen LogP contribution in [0.25, 0.3) is 0 Å². The molecule has 21 heavy (non-hydrogen) atoms. The number of aryl methyl sites for hydroxylation is 1. The maximum atomic E-state index is 12.4. The van der Waals surface area contributed by atoms with Gasteiger partial charge in [-0.25, -0.2) is 13.2 Å². The normalized spacial score (nSPS) is 11.4. The van der Waals surface area contributed by atoms with Crippen molar-refractivity contribution in [3.8, 4) is 0 Å². The van der Waals surface area contributed by atoms with E-state index >= 15 is 0 Å². The Hall–Kier alpha value is -2.06. The molecule has 0 atom stereocenters. The zero-order chi connectivity index (χ0) is 15.8. The van der Waals surface area contributed by atoms with E-state index in [-0.39, 0.29) is 26.7 Å². The van der Waals surface area contributed by atoms with Gasteiger partial charge < -0.3 is 5.11 Å². The Morgan fingerprint density at radius 1 is 1.43 bits per heavy atom. The molecule has 9 heteroatoms. The van der Waals surface area contributed by atoms with E-state index in [9.17, 15) is 13.2 Å². The Morgan fingerprint density at radius 3 is 2.62 bits per heavy atom. The van der Waals surface area contributed by atoms with Gasteiger partial charge in [-0.15, -0.1) is 0 Å². The molecule has 0 radical (unpaired) electrons. The lowest BCUT2D eigenvalue weighted by atomic mass is 10.1. The van der Waals surface area contributed by atoms with Crippen molar-refractivity contribution in [1.82, 2.24) is 9.78 Å². The molecule has 0 aliphatic carbocycles. The summed E-state index contributed by atoms with van der Waals surface area (Å²) >= 11 is 5.81. The van der Waals surface area contributed by atoms with Crippen LogP contribution < -0.4 is 4.72 Å². The van der Waals surface area contributed by atoms with Crippen LogP contribution in [0.2, 0.25) is 5.02 Å². The van der Waals surface area contributed by atoms with Crippen molar-refractivity contribution in [3.63, 3.8) is 0 Å². The van der Waals surface area contributed by atoms with Crippen LogP contribution >= 0.6 is 11.6 Å². The molecule has 0 amide bonds. The molecule has 2 rings (SSSR count). The van der Waals surface area contributed by atoms with Crippen molar-refractivity contribution in [2.75, 3.05) is 4.72 Å². The van der Waals surface area contributed by atoms with Gasteiger partial charge in [0.2, 0.25) is 0 Å². The predicted molar refractivity (Wildman–Crippen MR) is 77.2 cm³/mol. The molecule has 0 spiro atoms. The molecule has 0 saturated carbocycles. The van der Waals surface area contributed by atoms with Crippen LogP contribution in [0, 0.1) is 6.92 Å². The van der Waals surface area contributed by atoms with E-state index in [1.807, 2.05) is 0 Å². The number of hydrogen-bond donors (Lipinski definition) is 2. The molecule has 7 nitrogen and oxygen atoms in total. The van der Waals surface area contributed by atoms with Crippen molar-refractivity contribution >= 4 is 33.3 Å². The van der Waals surface area contributed by atoms with Crippen molar-refractivity contribution in [1.29, 1.82) is 0 Å². The molecule has 2 N–H and O–H groups in total. The summed E-state index contributed by atoms with van der Waals surface area (Å²) in [6.07, 6.45) is 2.82. The fourth-order valence-corrected chi connectivity index (χ4v) is 3.44. The average Bonchev–Trinajstić information content (AvgIpc) is 2.76. The third-order valence-corrected chi connectivity index (χ3v) is 4.53. The minimum atomic E-state index is -3.96. The molecule has 0 unspecified atom stereocenters. The molecule has 2 aromatic rings. The first-order valence-electron chi connectivity index (χ1n) is 5.75. The Balaban J connectivity index is 2.52. The number of aromatic carboxylic acids is 1. The molecule has 0 aliphatic heterocycles. The van der Waals surface area contributed by atoms with Gasteiger partial charge in [0, 0.05) is 18.3 Å². The van der Waals surface area contributed by atoms with Gasteiger partial charge in [0.05, 0.1) is 22.3 Å². The molecule has 0 aliphatic rings. The zero-order valence-electron chi connectivity index (χ0n) is 11.2. The first-order valence-corrected chi connectivity index (χ1v) is 7.62. The number of hydrogen-bond acceptors (Lipinski definition) is 4. The number of halogens is 1. The minimum Gasteiger partial charge on any atom is -0.478 e. The largest absolute Gasteiger partial charge is 0.478 e. The second kappa shape index (κ2) is 5.38. The smallest absolute Gasteiger partial charge is 0.336 e. The van der Waals surface area contributed by atoms with Crippen molar-refractivity contribution in [2.45, 2.75) is 11.8 Å². The summed E-state index contributed by atoms with van der Waals surface area (Å²) < 4.78 is 28.5. The van der Waals surface area contributed by atoms with Crippen LogP contribution in [0.15, 0.2) is 29.4 Å². The fraction of sp³-hybridized carbons (Fsp3) is 0.167. The molecule has 112 valence electrons. The Bertz CT molecular complexity index is 814. The summed E-state index contributed by atoms with van der Waals surface area (Å²) in [6, 6.07) is 2.42. The standard InChI is InChI=1S/C12H12ClN3O4S/c1-7-10(12(17)18)3-8(13)4-11(7)21(19,20)15-9-5-14-16(2)6-9/h3-6,15H,1-2H3,(H,17,18). The average molecular weight is 330 g/mol.